The fourth-order valence-corrected chi connectivity index (χ4v) is 4.26. The molecule has 1 aromatic heterocycles. The second-order valence-electron chi connectivity index (χ2n) is 8.07. The van der Waals surface area contributed by atoms with E-state index >= 15 is 0 Å². The maximum absolute atomic E-state index is 13.3. The van der Waals surface area contributed by atoms with Gasteiger partial charge in [0.15, 0.2) is 5.72 Å². The van der Waals surface area contributed by atoms with Crippen molar-refractivity contribution >= 4 is 22.8 Å². The molecule has 2 atom stereocenters. The van der Waals surface area contributed by atoms with Crippen LogP contribution in [0.5, 0.6) is 0 Å². The molecule has 2 heterocycles. The van der Waals surface area contributed by atoms with Crippen LogP contribution in [0.2, 0.25) is 0 Å². The number of aliphatic hydroxyl groups is 1. The largest absolute Gasteiger partial charge is 0.369 e. The van der Waals surface area contributed by atoms with Gasteiger partial charge in [-0.25, -0.2) is 4.98 Å². The summed E-state index contributed by atoms with van der Waals surface area (Å²) in [4.78, 5) is 34.0. The normalized spacial score (nSPS) is 18.7. The lowest BCUT2D eigenvalue weighted by Gasteiger charge is -2.35. The molecule has 0 bridgehead atoms. The number of carbonyl (C=O) groups is 2. The third-order valence-corrected chi connectivity index (χ3v) is 6.09. The lowest BCUT2D eigenvalue weighted by atomic mass is 9.93. The maximum atomic E-state index is 13.3. The standard InChI is InChI=1S/C25H22N4O3/c1-15(22(26)30)23-27-20-12-11-17(13-21(20)28-23)25(32)19-10-6-5-9-18(19)24(31)29(25)14-16-7-3-2-4-8-16/h2-13,15,32H,14H2,1H3,(H2,26,30)(H,27,28). The lowest BCUT2D eigenvalue weighted by Crippen LogP contribution is -2.44. The molecule has 1 aliphatic rings. The summed E-state index contributed by atoms with van der Waals surface area (Å²) in [7, 11) is 0. The average molecular weight is 426 g/mol. The Kier molecular flexibility index (Phi) is 4.56. The second-order valence-corrected chi connectivity index (χ2v) is 8.07. The van der Waals surface area contributed by atoms with Crippen molar-refractivity contribution in [2.75, 3.05) is 0 Å². The van der Waals surface area contributed by atoms with Crippen molar-refractivity contribution in [2.24, 2.45) is 5.73 Å². The number of imidazole rings is 1. The molecule has 32 heavy (non-hydrogen) atoms. The Labute approximate surface area is 184 Å². The summed E-state index contributed by atoms with van der Waals surface area (Å²) in [5.74, 6) is -0.829. The summed E-state index contributed by atoms with van der Waals surface area (Å²) in [6.07, 6.45) is 0. The molecule has 7 heteroatoms. The van der Waals surface area contributed by atoms with Crippen LogP contribution < -0.4 is 5.73 Å². The van der Waals surface area contributed by atoms with Gasteiger partial charge in [-0.1, -0.05) is 54.6 Å². The quantitative estimate of drug-likeness (QED) is 0.455. The van der Waals surface area contributed by atoms with Gasteiger partial charge in [-0.15, -0.1) is 0 Å². The molecule has 5 rings (SSSR count). The Morgan fingerprint density at radius 2 is 1.84 bits per heavy atom. The molecule has 0 spiro atoms. The second kappa shape index (κ2) is 7.32. The topological polar surface area (TPSA) is 112 Å². The predicted molar refractivity (Wildman–Crippen MR) is 119 cm³/mol. The number of hydrogen-bond donors (Lipinski definition) is 3. The minimum atomic E-state index is -1.65. The smallest absolute Gasteiger partial charge is 0.257 e. The number of amides is 2. The third kappa shape index (κ3) is 2.98. The van der Waals surface area contributed by atoms with Crippen molar-refractivity contribution in [3.63, 3.8) is 0 Å². The van der Waals surface area contributed by atoms with Crippen LogP contribution in [0.15, 0.2) is 72.8 Å². The van der Waals surface area contributed by atoms with E-state index in [0.717, 1.165) is 5.56 Å². The van der Waals surface area contributed by atoms with E-state index in [2.05, 4.69) is 9.97 Å². The number of carbonyl (C=O) groups excluding carboxylic acids is 2. The van der Waals surface area contributed by atoms with Gasteiger partial charge >= 0.3 is 0 Å². The summed E-state index contributed by atoms with van der Waals surface area (Å²) < 4.78 is 0. The minimum Gasteiger partial charge on any atom is -0.369 e. The molecule has 0 aliphatic carbocycles. The van der Waals surface area contributed by atoms with Crippen LogP contribution in [0.4, 0.5) is 0 Å². The van der Waals surface area contributed by atoms with E-state index in [9.17, 15) is 14.7 Å². The number of aromatic amines is 1. The van der Waals surface area contributed by atoms with Crippen LogP contribution in [-0.2, 0) is 17.1 Å². The van der Waals surface area contributed by atoms with E-state index in [1.807, 2.05) is 36.4 Å². The molecule has 0 fully saturated rings. The van der Waals surface area contributed by atoms with Gasteiger partial charge in [0.1, 0.15) is 5.82 Å². The number of aromatic nitrogens is 2. The number of rotatable bonds is 5. The zero-order chi connectivity index (χ0) is 22.5. The number of benzene rings is 3. The number of nitrogens with two attached hydrogens (primary N) is 1. The van der Waals surface area contributed by atoms with Gasteiger partial charge < -0.3 is 15.8 Å². The first kappa shape index (κ1) is 20.0. The van der Waals surface area contributed by atoms with Gasteiger partial charge in [-0.2, -0.15) is 0 Å². The summed E-state index contributed by atoms with van der Waals surface area (Å²) in [6.45, 7) is 1.93. The highest BCUT2D eigenvalue weighted by Gasteiger charge is 2.49. The van der Waals surface area contributed by atoms with Gasteiger partial charge in [-0.3, -0.25) is 14.5 Å². The molecular formula is C25H22N4O3. The van der Waals surface area contributed by atoms with E-state index in [4.69, 9.17) is 5.73 Å². The van der Waals surface area contributed by atoms with Crippen LogP contribution in [-0.4, -0.2) is 31.8 Å². The lowest BCUT2D eigenvalue weighted by molar-refractivity contribution is -0.119. The fourth-order valence-electron chi connectivity index (χ4n) is 4.26. The number of H-pyrrole nitrogens is 1. The van der Waals surface area contributed by atoms with Crippen LogP contribution in [0, 0.1) is 0 Å². The SMILES string of the molecule is CC(C(N)=O)c1nc2ccc(C3(O)c4ccccc4C(=O)N3Cc3ccccc3)cc2[nH]1. The highest BCUT2D eigenvalue weighted by Crippen LogP contribution is 2.43. The zero-order valence-corrected chi connectivity index (χ0v) is 17.4. The van der Waals surface area contributed by atoms with Gasteiger partial charge in [0.25, 0.3) is 5.91 Å². The van der Waals surface area contributed by atoms with E-state index in [-0.39, 0.29) is 12.5 Å². The molecule has 160 valence electrons. The molecule has 2 amide bonds. The predicted octanol–water partition coefficient (Wildman–Crippen LogP) is 3.00. The number of hydrogen-bond acceptors (Lipinski definition) is 4. The van der Waals surface area contributed by atoms with Gasteiger partial charge in [0, 0.05) is 23.2 Å². The Morgan fingerprint density at radius 1 is 1.12 bits per heavy atom. The first-order chi connectivity index (χ1) is 15.4. The molecule has 0 saturated carbocycles. The minimum absolute atomic E-state index is 0.236. The summed E-state index contributed by atoms with van der Waals surface area (Å²) in [5, 5.41) is 12.1. The van der Waals surface area contributed by atoms with Crippen molar-refractivity contribution in [1.82, 2.24) is 14.9 Å². The Bertz CT molecular complexity index is 1350. The van der Waals surface area contributed by atoms with Gasteiger partial charge in [0.05, 0.1) is 17.0 Å². The third-order valence-electron chi connectivity index (χ3n) is 6.09. The monoisotopic (exact) mass is 426 g/mol. The van der Waals surface area contributed by atoms with Crippen LogP contribution in [0.1, 0.15) is 45.7 Å². The van der Waals surface area contributed by atoms with Crippen LogP contribution in [0.3, 0.4) is 0 Å². The Morgan fingerprint density at radius 3 is 2.59 bits per heavy atom. The van der Waals surface area contributed by atoms with Gasteiger partial charge in [-0.05, 0) is 30.7 Å². The van der Waals surface area contributed by atoms with Gasteiger partial charge in [0.2, 0.25) is 5.91 Å². The highest BCUT2D eigenvalue weighted by atomic mass is 16.3. The molecule has 0 radical (unpaired) electrons. The maximum Gasteiger partial charge on any atom is 0.257 e. The molecule has 4 aromatic rings. The Balaban J connectivity index is 1.65. The summed E-state index contributed by atoms with van der Waals surface area (Å²) >= 11 is 0. The van der Waals surface area contributed by atoms with E-state index in [1.165, 1.54) is 4.90 Å². The van der Waals surface area contributed by atoms with E-state index in [0.29, 0.717) is 33.5 Å². The van der Waals surface area contributed by atoms with Crippen LogP contribution in [0.25, 0.3) is 11.0 Å². The molecule has 1 aliphatic heterocycles. The first-order valence-electron chi connectivity index (χ1n) is 10.4. The molecule has 0 saturated heterocycles. The molecule has 2 unspecified atom stereocenters. The number of fused-ring (bicyclic) bond motifs is 2. The van der Waals surface area contributed by atoms with E-state index < -0.39 is 17.6 Å². The number of nitrogens with zero attached hydrogens (tertiary/aromatic N) is 2. The molecular weight excluding hydrogens is 404 g/mol. The average Bonchev–Trinajstić information content (AvgIpc) is 3.33. The molecule has 7 nitrogen and oxygen atoms in total. The fraction of sp³-hybridized carbons (Fsp3) is 0.160. The van der Waals surface area contributed by atoms with Crippen molar-refractivity contribution < 1.29 is 14.7 Å². The molecule has 4 N–H and O–H groups in total. The Hall–Kier alpha value is -3.97. The summed E-state index contributed by atoms with van der Waals surface area (Å²) in [6, 6.07) is 22.0. The number of primary amides is 1. The van der Waals surface area contributed by atoms with Crippen molar-refractivity contribution in [3.8, 4) is 0 Å². The highest BCUT2D eigenvalue weighted by molar-refractivity contribution is 6.00. The van der Waals surface area contributed by atoms with Crippen molar-refractivity contribution in [1.29, 1.82) is 0 Å². The first-order valence-corrected chi connectivity index (χ1v) is 10.4. The van der Waals surface area contributed by atoms with Crippen molar-refractivity contribution in [3.05, 3.63) is 101 Å². The molecule has 3 aromatic carbocycles. The zero-order valence-electron chi connectivity index (χ0n) is 17.4. The van der Waals surface area contributed by atoms with E-state index in [1.54, 1.807) is 43.3 Å². The van der Waals surface area contributed by atoms with Crippen molar-refractivity contribution in [2.45, 2.75) is 25.1 Å². The van der Waals surface area contributed by atoms with Crippen LogP contribution >= 0.6 is 0 Å². The number of nitrogens with one attached hydrogen (secondary N) is 1. The summed E-state index contributed by atoms with van der Waals surface area (Å²) in [5.41, 5.74) is 7.50.